The van der Waals surface area contributed by atoms with Crippen molar-refractivity contribution in [3.8, 4) is 0 Å². The lowest BCUT2D eigenvalue weighted by Gasteiger charge is -2.09. The molecule has 0 heterocycles. The van der Waals surface area contributed by atoms with Crippen molar-refractivity contribution in [2.75, 3.05) is 12.3 Å². The lowest BCUT2D eigenvalue weighted by Crippen LogP contribution is -2.47. The van der Waals surface area contributed by atoms with Crippen LogP contribution in [-0.4, -0.2) is 23.3 Å². The summed E-state index contributed by atoms with van der Waals surface area (Å²) in [6.45, 7) is 2.59. The Hall–Kier alpha value is -1.34. The molecule has 0 bridgehead atoms. The first-order valence-electron chi connectivity index (χ1n) is 5.33. The van der Waals surface area contributed by atoms with Crippen molar-refractivity contribution < 1.29 is 9.18 Å². The van der Waals surface area contributed by atoms with Crippen LogP contribution in [0.25, 0.3) is 0 Å². The largest absolute Gasteiger partial charge is 0.362 e. The van der Waals surface area contributed by atoms with Gasteiger partial charge >= 0.3 is 0 Å². The molecule has 0 fully saturated rings. The smallest absolute Gasteiger partial charge is 0.248 e. The number of amides is 1. The molecule has 0 unspecified atom stereocenters. The molecule has 0 spiro atoms. The molecule has 98 valence electrons. The molecule has 1 aromatic rings. The summed E-state index contributed by atoms with van der Waals surface area (Å²) >= 11 is 6.20. The van der Waals surface area contributed by atoms with E-state index >= 15 is 0 Å². The molecule has 0 radical (unpaired) electrons. The summed E-state index contributed by atoms with van der Waals surface area (Å²) in [5.74, 6) is -0.265. The number of hydrogen-bond donors (Lipinski definition) is 3. The number of carbonyl (C=O) groups is 1. The van der Waals surface area contributed by atoms with E-state index in [1.165, 1.54) is 23.9 Å². The minimum Gasteiger partial charge on any atom is -0.362 e. The standard InChI is InChI=1S/C11H14FN3OS2/c1-2-13-11(17)15-14-10(16)7-18-9-5-3-8(12)4-6-9/h3-6H,2,7H2,1H3,(H,14,16)(H2,13,15,17). The van der Waals surface area contributed by atoms with Crippen LogP contribution in [0, 0.1) is 5.82 Å². The third-order valence-corrected chi connectivity index (χ3v) is 3.09. The van der Waals surface area contributed by atoms with Gasteiger partial charge in [-0.05, 0) is 43.4 Å². The van der Waals surface area contributed by atoms with Gasteiger partial charge in [0.2, 0.25) is 5.91 Å². The van der Waals surface area contributed by atoms with Gasteiger partial charge in [0, 0.05) is 11.4 Å². The monoisotopic (exact) mass is 287 g/mol. The fraction of sp³-hybridized carbons (Fsp3) is 0.273. The van der Waals surface area contributed by atoms with Crippen LogP contribution in [0.2, 0.25) is 0 Å². The lowest BCUT2D eigenvalue weighted by atomic mass is 10.4. The molecule has 1 aromatic carbocycles. The zero-order valence-electron chi connectivity index (χ0n) is 9.83. The van der Waals surface area contributed by atoms with Crippen molar-refractivity contribution in [2.45, 2.75) is 11.8 Å². The third kappa shape index (κ3) is 5.83. The van der Waals surface area contributed by atoms with Crippen LogP contribution in [0.5, 0.6) is 0 Å². The Morgan fingerprint density at radius 3 is 2.61 bits per heavy atom. The highest BCUT2D eigenvalue weighted by molar-refractivity contribution is 8.00. The van der Waals surface area contributed by atoms with Gasteiger partial charge < -0.3 is 5.32 Å². The zero-order valence-corrected chi connectivity index (χ0v) is 11.5. The number of thioether (sulfide) groups is 1. The van der Waals surface area contributed by atoms with E-state index in [2.05, 4.69) is 16.2 Å². The molecule has 3 N–H and O–H groups in total. The molecular weight excluding hydrogens is 273 g/mol. The number of rotatable bonds is 4. The van der Waals surface area contributed by atoms with Gasteiger partial charge in [-0.25, -0.2) is 4.39 Å². The van der Waals surface area contributed by atoms with Gasteiger partial charge in [0.1, 0.15) is 5.82 Å². The lowest BCUT2D eigenvalue weighted by molar-refractivity contribution is -0.119. The average Bonchev–Trinajstić information content (AvgIpc) is 2.36. The van der Waals surface area contributed by atoms with E-state index in [0.717, 1.165) is 4.90 Å². The molecular formula is C11H14FN3OS2. The van der Waals surface area contributed by atoms with E-state index in [1.54, 1.807) is 12.1 Å². The van der Waals surface area contributed by atoms with E-state index in [-0.39, 0.29) is 17.5 Å². The van der Waals surface area contributed by atoms with Crippen LogP contribution in [-0.2, 0) is 4.79 Å². The Balaban J connectivity index is 2.24. The molecule has 1 amide bonds. The Kier molecular flexibility index (Phi) is 6.45. The van der Waals surface area contributed by atoms with Crippen molar-refractivity contribution in [3.05, 3.63) is 30.1 Å². The minimum atomic E-state index is -0.290. The molecule has 0 aliphatic carbocycles. The SMILES string of the molecule is CCNC(=S)NNC(=O)CSc1ccc(F)cc1. The fourth-order valence-corrected chi connectivity index (χ4v) is 1.94. The van der Waals surface area contributed by atoms with Crippen LogP contribution in [0.4, 0.5) is 4.39 Å². The number of hydrogen-bond acceptors (Lipinski definition) is 3. The topological polar surface area (TPSA) is 53.2 Å². The van der Waals surface area contributed by atoms with Gasteiger partial charge in [0.25, 0.3) is 0 Å². The highest BCUT2D eigenvalue weighted by atomic mass is 32.2. The Morgan fingerprint density at radius 2 is 2.00 bits per heavy atom. The maximum absolute atomic E-state index is 12.6. The Morgan fingerprint density at radius 1 is 1.33 bits per heavy atom. The molecule has 4 nitrogen and oxygen atoms in total. The molecule has 0 aliphatic rings. The second-order valence-electron chi connectivity index (χ2n) is 3.28. The van der Waals surface area contributed by atoms with Crippen LogP contribution in [0.3, 0.4) is 0 Å². The molecule has 0 saturated heterocycles. The quantitative estimate of drug-likeness (QED) is 0.444. The molecule has 18 heavy (non-hydrogen) atoms. The summed E-state index contributed by atoms with van der Waals surface area (Å²) in [4.78, 5) is 12.3. The second kappa shape index (κ2) is 7.88. The van der Waals surface area contributed by atoms with Crippen LogP contribution >= 0.6 is 24.0 Å². The first-order chi connectivity index (χ1) is 8.61. The van der Waals surface area contributed by atoms with Crippen molar-refractivity contribution in [1.29, 1.82) is 0 Å². The summed E-state index contributed by atoms with van der Waals surface area (Å²) in [5, 5.41) is 3.21. The van der Waals surface area contributed by atoms with Crippen molar-refractivity contribution in [3.63, 3.8) is 0 Å². The van der Waals surface area contributed by atoms with Crippen LogP contribution < -0.4 is 16.2 Å². The van der Waals surface area contributed by atoms with Crippen LogP contribution in [0.1, 0.15) is 6.92 Å². The maximum atomic E-state index is 12.6. The number of carbonyl (C=O) groups excluding carboxylic acids is 1. The van der Waals surface area contributed by atoms with E-state index in [9.17, 15) is 9.18 Å². The Labute approximate surface area is 115 Å². The normalized spacial score (nSPS) is 9.67. The van der Waals surface area contributed by atoms with Gasteiger partial charge in [0.05, 0.1) is 5.75 Å². The first-order valence-corrected chi connectivity index (χ1v) is 6.72. The van der Waals surface area contributed by atoms with Crippen LogP contribution in [0.15, 0.2) is 29.2 Å². The predicted molar refractivity (Wildman–Crippen MR) is 74.7 cm³/mol. The molecule has 0 saturated carbocycles. The van der Waals surface area contributed by atoms with Gasteiger partial charge in [-0.3, -0.25) is 15.6 Å². The predicted octanol–water partition coefficient (Wildman–Crippen LogP) is 1.43. The number of halogens is 1. The third-order valence-electron chi connectivity index (χ3n) is 1.84. The molecule has 1 rings (SSSR count). The summed E-state index contributed by atoms with van der Waals surface area (Å²) < 4.78 is 12.6. The number of benzene rings is 1. The van der Waals surface area contributed by atoms with E-state index in [4.69, 9.17) is 12.2 Å². The van der Waals surface area contributed by atoms with Crippen molar-refractivity contribution >= 4 is 35.0 Å². The Bertz CT molecular complexity index is 411. The van der Waals surface area contributed by atoms with Crippen molar-refractivity contribution in [1.82, 2.24) is 16.2 Å². The van der Waals surface area contributed by atoms with Crippen molar-refractivity contribution in [2.24, 2.45) is 0 Å². The molecule has 0 aliphatic heterocycles. The highest BCUT2D eigenvalue weighted by Crippen LogP contribution is 2.17. The van der Waals surface area contributed by atoms with Gasteiger partial charge in [-0.15, -0.1) is 11.8 Å². The second-order valence-corrected chi connectivity index (χ2v) is 4.73. The molecule has 0 aromatic heterocycles. The number of hydrazine groups is 1. The molecule has 0 atom stereocenters. The fourth-order valence-electron chi connectivity index (χ4n) is 1.05. The molecule has 7 heteroatoms. The summed E-state index contributed by atoms with van der Waals surface area (Å²) in [6.07, 6.45) is 0. The average molecular weight is 287 g/mol. The van der Waals surface area contributed by atoms with E-state index in [1.807, 2.05) is 6.92 Å². The minimum absolute atomic E-state index is 0.204. The highest BCUT2D eigenvalue weighted by Gasteiger charge is 2.03. The van der Waals surface area contributed by atoms with E-state index < -0.39 is 0 Å². The number of thiocarbonyl (C=S) groups is 1. The van der Waals surface area contributed by atoms with Gasteiger partial charge in [0.15, 0.2) is 5.11 Å². The maximum Gasteiger partial charge on any atom is 0.248 e. The number of nitrogens with one attached hydrogen (secondary N) is 3. The zero-order chi connectivity index (χ0) is 13.4. The first kappa shape index (κ1) is 14.7. The van der Waals surface area contributed by atoms with Gasteiger partial charge in [-0.1, -0.05) is 0 Å². The summed E-state index contributed by atoms with van der Waals surface area (Å²) in [6, 6.07) is 5.98. The summed E-state index contributed by atoms with van der Waals surface area (Å²) in [5.41, 5.74) is 5.04. The summed E-state index contributed by atoms with van der Waals surface area (Å²) in [7, 11) is 0. The van der Waals surface area contributed by atoms with E-state index in [0.29, 0.717) is 11.7 Å². The van der Waals surface area contributed by atoms with Gasteiger partial charge in [-0.2, -0.15) is 0 Å².